The maximum Gasteiger partial charge on any atom is 0.258 e. The second kappa shape index (κ2) is 6.45. The van der Waals surface area contributed by atoms with Crippen LogP contribution in [0, 0.1) is 5.82 Å². The van der Waals surface area contributed by atoms with Gasteiger partial charge in [0.1, 0.15) is 5.82 Å². The predicted octanol–water partition coefficient (Wildman–Crippen LogP) is 4.53. The zero-order valence-corrected chi connectivity index (χ0v) is 15.3. The second-order valence-corrected chi connectivity index (χ2v) is 7.11. The molecule has 0 bridgehead atoms. The molecule has 4 aromatic rings. The van der Waals surface area contributed by atoms with Crippen LogP contribution in [0.25, 0.3) is 22.4 Å². The molecule has 1 atom stereocenters. The topological polar surface area (TPSA) is 75.0 Å². The molecule has 1 aliphatic heterocycles. The molecule has 1 amide bonds. The molecule has 1 unspecified atom stereocenters. The minimum absolute atomic E-state index is 0.156. The summed E-state index contributed by atoms with van der Waals surface area (Å²) in [5, 5.41) is 5.39. The van der Waals surface area contributed by atoms with Crippen LogP contribution < -0.4 is 4.90 Å². The number of hydrogen-bond acceptors (Lipinski definition) is 4. The number of nitrogens with one attached hydrogen (secondary N) is 1. The summed E-state index contributed by atoms with van der Waals surface area (Å²) in [5.74, 6) is -0.00996. The summed E-state index contributed by atoms with van der Waals surface area (Å²) < 4.78 is 19.1. The fourth-order valence-electron chi connectivity index (χ4n) is 3.59. The quantitative estimate of drug-likeness (QED) is 0.552. The molecule has 1 aliphatic rings. The van der Waals surface area contributed by atoms with Crippen LogP contribution in [0.15, 0.2) is 53.2 Å². The van der Waals surface area contributed by atoms with E-state index in [0.717, 1.165) is 16.5 Å². The lowest BCUT2D eigenvalue weighted by Gasteiger charge is -2.17. The van der Waals surface area contributed by atoms with Crippen molar-refractivity contribution in [2.45, 2.75) is 12.3 Å². The lowest BCUT2D eigenvalue weighted by molar-refractivity contribution is -0.117. The molecule has 0 spiro atoms. The Bertz CT molecular complexity index is 1200. The molecule has 0 aliphatic carbocycles. The van der Waals surface area contributed by atoms with E-state index < -0.39 is 5.82 Å². The van der Waals surface area contributed by atoms with Crippen molar-refractivity contribution in [3.8, 4) is 11.5 Å². The maximum atomic E-state index is 13.6. The second-order valence-electron chi connectivity index (χ2n) is 6.70. The summed E-state index contributed by atoms with van der Waals surface area (Å²) in [6.45, 7) is 0.315. The zero-order chi connectivity index (χ0) is 19.3. The lowest BCUT2D eigenvalue weighted by atomic mass is 10.1. The van der Waals surface area contributed by atoms with Gasteiger partial charge >= 0.3 is 0 Å². The summed E-state index contributed by atoms with van der Waals surface area (Å²) in [6, 6.07) is 11.7. The van der Waals surface area contributed by atoms with Crippen LogP contribution in [0.3, 0.4) is 0 Å². The Hall–Kier alpha value is -3.19. The highest BCUT2D eigenvalue weighted by molar-refractivity contribution is 6.33. The fraction of sp³-hybridized carbons (Fsp3) is 0.150. The van der Waals surface area contributed by atoms with E-state index in [0.29, 0.717) is 29.0 Å². The van der Waals surface area contributed by atoms with E-state index in [9.17, 15) is 9.18 Å². The molecule has 1 saturated heterocycles. The third kappa shape index (κ3) is 2.75. The summed E-state index contributed by atoms with van der Waals surface area (Å²) in [6.07, 6.45) is 2.06. The SMILES string of the molecule is O=C1CC(c2noc(-c3cccc4[nH]ccc34)n2)CN1c1cc(F)ccc1Cl. The first-order chi connectivity index (χ1) is 13.6. The first-order valence-electron chi connectivity index (χ1n) is 8.75. The van der Waals surface area contributed by atoms with Crippen molar-refractivity contribution < 1.29 is 13.7 Å². The van der Waals surface area contributed by atoms with E-state index >= 15 is 0 Å². The van der Waals surface area contributed by atoms with E-state index in [1.165, 1.54) is 23.1 Å². The number of anilines is 1. The molecule has 1 fully saturated rings. The monoisotopic (exact) mass is 396 g/mol. The molecule has 2 aromatic carbocycles. The molecule has 2 aromatic heterocycles. The number of fused-ring (bicyclic) bond motifs is 1. The molecule has 0 radical (unpaired) electrons. The standard InChI is InChI=1S/C20H14ClFN4O2/c21-15-5-4-12(22)9-17(15)26-10-11(8-18(26)27)19-24-20(28-25-19)14-2-1-3-16-13(14)6-7-23-16/h1-7,9,11,23H,8,10H2. The van der Waals surface area contributed by atoms with E-state index in [1.54, 1.807) is 0 Å². The first-order valence-corrected chi connectivity index (χ1v) is 9.13. The average molecular weight is 397 g/mol. The maximum absolute atomic E-state index is 13.6. The number of hydrogen-bond donors (Lipinski definition) is 1. The highest BCUT2D eigenvalue weighted by atomic mass is 35.5. The van der Waals surface area contributed by atoms with Gasteiger partial charge in [-0.2, -0.15) is 4.98 Å². The first kappa shape index (κ1) is 16.9. The van der Waals surface area contributed by atoms with Crippen LogP contribution in [0.2, 0.25) is 5.02 Å². The van der Waals surface area contributed by atoms with Gasteiger partial charge in [0, 0.05) is 41.5 Å². The van der Waals surface area contributed by atoms with E-state index in [1.807, 2.05) is 30.5 Å². The number of rotatable bonds is 3. The van der Waals surface area contributed by atoms with Crippen molar-refractivity contribution in [1.82, 2.24) is 15.1 Å². The van der Waals surface area contributed by atoms with Gasteiger partial charge in [-0.15, -0.1) is 0 Å². The van der Waals surface area contributed by atoms with Gasteiger partial charge in [-0.1, -0.05) is 22.8 Å². The molecule has 6 nitrogen and oxygen atoms in total. The number of aromatic amines is 1. The smallest absolute Gasteiger partial charge is 0.258 e. The Morgan fingerprint density at radius 1 is 1.25 bits per heavy atom. The van der Waals surface area contributed by atoms with Crippen molar-refractivity contribution in [3.63, 3.8) is 0 Å². The Kier molecular flexibility index (Phi) is 3.91. The molecular formula is C20H14ClFN4O2. The third-order valence-electron chi connectivity index (χ3n) is 4.96. The number of benzene rings is 2. The Labute approximate surface area is 163 Å². The number of nitrogens with zero attached hydrogens (tertiary/aromatic N) is 3. The van der Waals surface area contributed by atoms with Gasteiger partial charge in [0.2, 0.25) is 5.91 Å². The number of carbonyl (C=O) groups is 1. The third-order valence-corrected chi connectivity index (χ3v) is 5.28. The number of aromatic nitrogens is 3. The molecule has 28 heavy (non-hydrogen) atoms. The van der Waals surface area contributed by atoms with Crippen molar-refractivity contribution in [1.29, 1.82) is 0 Å². The molecule has 3 heterocycles. The Balaban J connectivity index is 1.45. The van der Waals surface area contributed by atoms with Crippen molar-refractivity contribution in [3.05, 3.63) is 65.3 Å². The van der Waals surface area contributed by atoms with Crippen LogP contribution in [-0.2, 0) is 4.79 Å². The Morgan fingerprint density at radius 2 is 2.14 bits per heavy atom. The van der Waals surface area contributed by atoms with Crippen LogP contribution in [-0.4, -0.2) is 27.6 Å². The minimum atomic E-state index is -0.447. The summed E-state index contributed by atoms with van der Waals surface area (Å²) in [4.78, 5) is 21.6. The molecule has 5 rings (SSSR count). The van der Waals surface area contributed by atoms with Gasteiger partial charge in [0.15, 0.2) is 5.82 Å². The van der Waals surface area contributed by atoms with Gasteiger partial charge < -0.3 is 14.4 Å². The van der Waals surface area contributed by atoms with Gasteiger partial charge in [0.05, 0.1) is 10.7 Å². The van der Waals surface area contributed by atoms with Crippen molar-refractivity contribution >= 4 is 34.1 Å². The Morgan fingerprint density at radius 3 is 3.04 bits per heavy atom. The largest absolute Gasteiger partial charge is 0.361 e. The number of amides is 1. The van der Waals surface area contributed by atoms with Crippen LogP contribution >= 0.6 is 11.6 Å². The highest BCUT2D eigenvalue weighted by Crippen LogP contribution is 2.36. The predicted molar refractivity (Wildman–Crippen MR) is 103 cm³/mol. The van der Waals surface area contributed by atoms with Gasteiger partial charge in [-0.25, -0.2) is 4.39 Å². The molecule has 140 valence electrons. The normalized spacial score (nSPS) is 17.0. The van der Waals surface area contributed by atoms with Crippen LogP contribution in [0.4, 0.5) is 10.1 Å². The van der Waals surface area contributed by atoms with E-state index in [4.69, 9.17) is 16.1 Å². The molecule has 0 saturated carbocycles. The van der Waals surface area contributed by atoms with Gasteiger partial charge in [-0.3, -0.25) is 4.79 Å². The van der Waals surface area contributed by atoms with Crippen molar-refractivity contribution in [2.75, 3.05) is 11.4 Å². The minimum Gasteiger partial charge on any atom is -0.361 e. The number of halogens is 2. The summed E-state index contributed by atoms with van der Waals surface area (Å²) in [7, 11) is 0. The highest BCUT2D eigenvalue weighted by Gasteiger charge is 2.35. The zero-order valence-electron chi connectivity index (χ0n) is 14.5. The van der Waals surface area contributed by atoms with E-state index in [2.05, 4.69) is 15.1 Å². The van der Waals surface area contributed by atoms with E-state index in [-0.39, 0.29) is 18.2 Å². The molecule has 8 heteroatoms. The summed E-state index contributed by atoms with van der Waals surface area (Å²) >= 11 is 6.15. The summed E-state index contributed by atoms with van der Waals surface area (Å²) in [5.41, 5.74) is 2.15. The molecular weight excluding hydrogens is 383 g/mol. The van der Waals surface area contributed by atoms with Gasteiger partial charge in [0.25, 0.3) is 5.89 Å². The van der Waals surface area contributed by atoms with Crippen LogP contribution in [0.5, 0.6) is 0 Å². The van der Waals surface area contributed by atoms with Crippen molar-refractivity contribution in [2.24, 2.45) is 0 Å². The lowest BCUT2D eigenvalue weighted by Crippen LogP contribution is -2.24. The average Bonchev–Trinajstić information content (AvgIpc) is 3.42. The number of H-pyrrole nitrogens is 1. The fourth-order valence-corrected chi connectivity index (χ4v) is 3.81. The van der Waals surface area contributed by atoms with Crippen LogP contribution in [0.1, 0.15) is 18.2 Å². The number of carbonyl (C=O) groups excluding carboxylic acids is 1. The molecule has 1 N–H and O–H groups in total. The van der Waals surface area contributed by atoms with Gasteiger partial charge in [-0.05, 0) is 36.4 Å².